The molecule has 0 saturated carbocycles. The summed E-state index contributed by atoms with van der Waals surface area (Å²) in [5.41, 5.74) is 3.35. The number of carbonyl (C=O) groups excluding carboxylic acids is 2. The molecular weight excluding hydrogens is 434 g/mol. The number of esters is 1. The average Bonchev–Trinajstić information content (AvgIpc) is 3.27. The fraction of sp³-hybridized carbons (Fsp3) is 0.333. The molecule has 1 aliphatic heterocycles. The fourth-order valence-corrected chi connectivity index (χ4v) is 3.99. The van der Waals surface area contributed by atoms with E-state index in [0.717, 1.165) is 28.9 Å². The summed E-state index contributed by atoms with van der Waals surface area (Å²) in [6.07, 6.45) is 4.28. The number of aromatic nitrogens is 4. The van der Waals surface area contributed by atoms with E-state index in [2.05, 4.69) is 25.5 Å². The van der Waals surface area contributed by atoms with Gasteiger partial charge in [-0.3, -0.25) is 4.79 Å². The summed E-state index contributed by atoms with van der Waals surface area (Å²) in [6, 6.07) is 3.80. The van der Waals surface area contributed by atoms with Gasteiger partial charge in [0.2, 0.25) is 10.9 Å². The van der Waals surface area contributed by atoms with Crippen molar-refractivity contribution in [2.24, 2.45) is 0 Å². The minimum absolute atomic E-state index is 0.0547. The number of carbonyl (C=O) groups is 2. The molecule has 0 radical (unpaired) electrons. The number of fused-ring (bicyclic) bond motifs is 1. The molecule has 0 aliphatic carbocycles. The number of methoxy groups -OCH3 is 1. The van der Waals surface area contributed by atoms with E-state index in [0.29, 0.717) is 35.0 Å². The number of rotatable bonds is 7. The first-order chi connectivity index (χ1) is 15.6. The molecule has 0 fully saturated rings. The lowest BCUT2D eigenvalue weighted by Gasteiger charge is -2.16. The van der Waals surface area contributed by atoms with Gasteiger partial charge in [0.1, 0.15) is 21.8 Å². The summed E-state index contributed by atoms with van der Waals surface area (Å²) in [5, 5.41) is 10.9. The monoisotopic (exact) mass is 455 g/mol. The van der Waals surface area contributed by atoms with Crippen LogP contribution in [0.4, 0.5) is 5.82 Å². The summed E-state index contributed by atoms with van der Waals surface area (Å²) < 4.78 is 15.7. The lowest BCUT2D eigenvalue weighted by molar-refractivity contribution is -0.115. The molecule has 0 spiro atoms. The second-order valence-corrected chi connectivity index (χ2v) is 7.83. The number of amides is 1. The Hall–Kier alpha value is -3.44. The predicted molar refractivity (Wildman–Crippen MR) is 118 cm³/mol. The summed E-state index contributed by atoms with van der Waals surface area (Å²) in [6.45, 7) is 3.17. The van der Waals surface area contributed by atoms with Crippen LogP contribution in [-0.2, 0) is 20.7 Å². The van der Waals surface area contributed by atoms with Crippen molar-refractivity contribution in [3.05, 3.63) is 40.0 Å². The third-order valence-electron chi connectivity index (χ3n) is 4.69. The van der Waals surface area contributed by atoms with Crippen LogP contribution in [0, 0.1) is 0 Å². The van der Waals surface area contributed by atoms with Crippen LogP contribution >= 0.6 is 11.3 Å². The van der Waals surface area contributed by atoms with Crippen LogP contribution < -0.4 is 10.1 Å². The third-order valence-corrected chi connectivity index (χ3v) is 5.59. The standard InChI is InChI=1S/C21H21N5O5S/c1-3-31-21(28)20-26-25-17(32-20)10-16(27)23-15-11-22-18-13(12-6-8-30-9-7-12)4-5-14(29-2)19(18)24-15/h4-6,11H,3,7-10H2,1-2H3,(H,23,24,27). The van der Waals surface area contributed by atoms with Crippen LogP contribution in [0.1, 0.15) is 33.7 Å². The first-order valence-corrected chi connectivity index (χ1v) is 10.8. The lowest BCUT2D eigenvalue weighted by Crippen LogP contribution is -2.15. The number of hydrogen-bond donors (Lipinski definition) is 1. The highest BCUT2D eigenvalue weighted by Crippen LogP contribution is 2.32. The summed E-state index contributed by atoms with van der Waals surface area (Å²) in [5.74, 6) is -0.0655. The van der Waals surface area contributed by atoms with E-state index < -0.39 is 5.97 Å². The summed E-state index contributed by atoms with van der Waals surface area (Å²) >= 11 is 1.02. The number of benzene rings is 1. The highest BCUT2D eigenvalue weighted by Gasteiger charge is 2.18. The van der Waals surface area contributed by atoms with Crippen molar-refractivity contribution in [1.82, 2.24) is 20.2 Å². The van der Waals surface area contributed by atoms with Crippen LogP contribution in [0.15, 0.2) is 24.4 Å². The molecule has 10 nitrogen and oxygen atoms in total. The lowest BCUT2D eigenvalue weighted by atomic mass is 9.99. The van der Waals surface area contributed by atoms with Crippen LogP contribution in [0.2, 0.25) is 0 Å². The van der Waals surface area contributed by atoms with Gasteiger partial charge in [0.05, 0.1) is 39.5 Å². The van der Waals surface area contributed by atoms with Crippen molar-refractivity contribution < 1.29 is 23.8 Å². The zero-order valence-corrected chi connectivity index (χ0v) is 18.4. The molecular formula is C21H21N5O5S. The van der Waals surface area contributed by atoms with Crippen molar-refractivity contribution in [2.75, 3.05) is 32.2 Å². The topological polar surface area (TPSA) is 125 Å². The van der Waals surface area contributed by atoms with Gasteiger partial charge < -0.3 is 19.5 Å². The molecule has 166 valence electrons. The van der Waals surface area contributed by atoms with Gasteiger partial charge in [-0.25, -0.2) is 14.8 Å². The van der Waals surface area contributed by atoms with Crippen molar-refractivity contribution in [3.63, 3.8) is 0 Å². The van der Waals surface area contributed by atoms with E-state index in [1.807, 2.05) is 18.2 Å². The summed E-state index contributed by atoms with van der Waals surface area (Å²) in [4.78, 5) is 33.3. The molecule has 0 bridgehead atoms. The minimum Gasteiger partial charge on any atom is -0.494 e. The molecule has 0 saturated heterocycles. The van der Waals surface area contributed by atoms with Crippen LogP contribution in [-0.4, -0.2) is 59.0 Å². The Kier molecular flexibility index (Phi) is 6.66. The largest absolute Gasteiger partial charge is 0.494 e. The molecule has 1 amide bonds. The molecule has 3 aromatic rings. The van der Waals surface area contributed by atoms with Gasteiger partial charge in [-0.15, -0.1) is 10.2 Å². The number of anilines is 1. The minimum atomic E-state index is -0.556. The van der Waals surface area contributed by atoms with E-state index in [1.54, 1.807) is 14.0 Å². The van der Waals surface area contributed by atoms with Gasteiger partial charge in [-0.2, -0.15) is 0 Å². The fourth-order valence-electron chi connectivity index (χ4n) is 3.26. The molecule has 32 heavy (non-hydrogen) atoms. The highest BCUT2D eigenvalue weighted by molar-refractivity contribution is 7.13. The van der Waals surface area contributed by atoms with Crippen molar-refractivity contribution >= 4 is 45.6 Å². The zero-order valence-electron chi connectivity index (χ0n) is 17.6. The molecule has 1 aromatic carbocycles. The number of nitrogens with zero attached hydrogens (tertiary/aromatic N) is 4. The first kappa shape index (κ1) is 21.8. The maximum absolute atomic E-state index is 12.5. The Bertz CT molecular complexity index is 1190. The molecule has 0 atom stereocenters. The second kappa shape index (κ2) is 9.79. The highest BCUT2D eigenvalue weighted by atomic mass is 32.1. The maximum Gasteiger partial charge on any atom is 0.369 e. The van der Waals surface area contributed by atoms with E-state index >= 15 is 0 Å². The Morgan fingerprint density at radius 2 is 2.12 bits per heavy atom. The van der Waals surface area contributed by atoms with Gasteiger partial charge >= 0.3 is 5.97 Å². The van der Waals surface area contributed by atoms with E-state index in [9.17, 15) is 9.59 Å². The first-order valence-electron chi connectivity index (χ1n) is 9.99. The Morgan fingerprint density at radius 3 is 2.88 bits per heavy atom. The van der Waals surface area contributed by atoms with Crippen molar-refractivity contribution in [2.45, 2.75) is 19.8 Å². The Balaban J connectivity index is 1.54. The van der Waals surface area contributed by atoms with E-state index in [1.165, 1.54) is 6.20 Å². The molecule has 2 aromatic heterocycles. The van der Waals surface area contributed by atoms with Gasteiger partial charge in [0, 0.05) is 5.56 Å². The van der Waals surface area contributed by atoms with Crippen LogP contribution in [0.5, 0.6) is 5.75 Å². The molecule has 1 N–H and O–H groups in total. The molecule has 0 unspecified atom stereocenters. The van der Waals surface area contributed by atoms with Crippen molar-refractivity contribution in [1.29, 1.82) is 0 Å². The summed E-state index contributed by atoms with van der Waals surface area (Å²) in [7, 11) is 1.56. The number of hydrogen-bond acceptors (Lipinski definition) is 10. The quantitative estimate of drug-likeness (QED) is 0.535. The maximum atomic E-state index is 12.5. The smallest absolute Gasteiger partial charge is 0.369 e. The second-order valence-electron chi connectivity index (χ2n) is 6.77. The molecule has 1 aliphatic rings. The van der Waals surface area contributed by atoms with Crippen LogP contribution in [0.3, 0.4) is 0 Å². The average molecular weight is 455 g/mol. The van der Waals surface area contributed by atoms with Gasteiger partial charge in [0.25, 0.3) is 0 Å². The molecule has 4 rings (SSSR count). The Morgan fingerprint density at radius 1 is 1.25 bits per heavy atom. The number of ether oxygens (including phenoxy) is 3. The molecule has 11 heteroatoms. The van der Waals surface area contributed by atoms with Gasteiger partial charge in [-0.05, 0) is 31.1 Å². The molecule has 3 heterocycles. The van der Waals surface area contributed by atoms with Crippen molar-refractivity contribution in [3.8, 4) is 5.75 Å². The van der Waals surface area contributed by atoms with Gasteiger partial charge in [-0.1, -0.05) is 17.4 Å². The zero-order chi connectivity index (χ0) is 22.5. The van der Waals surface area contributed by atoms with E-state index in [-0.39, 0.29) is 29.8 Å². The predicted octanol–water partition coefficient (Wildman–Crippen LogP) is 2.65. The number of nitrogens with one attached hydrogen (secondary N) is 1. The Labute approximate surface area is 187 Å². The normalized spacial score (nSPS) is 13.5. The van der Waals surface area contributed by atoms with Crippen LogP contribution in [0.25, 0.3) is 16.6 Å². The third kappa shape index (κ3) is 4.73. The SMILES string of the molecule is CCOC(=O)c1nnc(CC(=O)Nc2cnc3c(C4=CCOCC4)ccc(OC)c3n2)s1. The van der Waals surface area contributed by atoms with E-state index in [4.69, 9.17) is 14.2 Å². The van der Waals surface area contributed by atoms with Gasteiger partial charge in [0.15, 0.2) is 5.82 Å².